The number of hydrogen-bond donors (Lipinski definition) is 0. The summed E-state index contributed by atoms with van der Waals surface area (Å²) in [5.41, 5.74) is 2.28. The van der Waals surface area contributed by atoms with Crippen LogP contribution in [-0.2, 0) is 5.88 Å². The van der Waals surface area contributed by atoms with E-state index in [4.69, 9.17) is 11.6 Å². The smallest absolute Gasteiger partial charge is 0.150 e. The molecule has 0 aliphatic heterocycles. The van der Waals surface area contributed by atoms with Gasteiger partial charge in [0.15, 0.2) is 0 Å². The van der Waals surface area contributed by atoms with Crippen LogP contribution in [-0.4, -0.2) is 11.3 Å². The van der Waals surface area contributed by atoms with E-state index in [0.29, 0.717) is 11.4 Å². The Morgan fingerprint density at radius 2 is 2.45 bits per heavy atom. The molecule has 0 saturated heterocycles. The highest BCUT2D eigenvalue weighted by Gasteiger charge is 2.02. The van der Waals surface area contributed by atoms with E-state index in [1.165, 1.54) is 0 Å². The van der Waals surface area contributed by atoms with Gasteiger partial charge in [0.2, 0.25) is 0 Å². The fraction of sp³-hybridized carbons (Fsp3) is 0.250. The third-order valence-electron chi connectivity index (χ3n) is 1.57. The van der Waals surface area contributed by atoms with E-state index in [9.17, 15) is 4.79 Å². The van der Waals surface area contributed by atoms with Crippen molar-refractivity contribution in [1.29, 1.82) is 0 Å². The first-order chi connectivity index (χ1) is 5.29. The van der Waals surface area contributed by atoms with E-state index in [2.05, 4.69) is 4.98 Å². The van der Waals surface area contributed by atoms with Crippen LogP contribution < -0.4 is 0 Å². The van der Waals surface area contributed by atoms with Gasteiger partial charge in [0, 0.05) is 23.3 Å². The van der Waals surface area contributed by atoms with Crippen LogP contribution in [0.4, 0.5) is 0 Å². The molecule has 58 valence electrons. The van der Waals surface area contributed by atoms with E-state index >= 15 is 0 Å². The van der Waals surface area contributed by atoms with Crippen molar-refractivity contribution in [2.75, 3.05) is 0 Å². The van der Waals surface area contributed by atoms with Crippen molar-refractivity contribution in [3.8, 4) is 0 Å². The molecular weight excluding hydrogens is 162 g/mol. The van der Waals surface area contributed by atoms with Gasteiger partial charge < -0.3 is 0 Å². The molecule has 11 heavy (non-hydrogen) atoms. The number of rotatable bonds is 2. The summed E-state index contributed by atoms with van der Waals surface area (Å²) in [6, 6.07) is 1.66. The van der Waals surface area contributed by atoms with E-state index in [-0.39, 0.29) is 0 Å². The minimum Gasteiger partial charge on any atom is -0.298 e. The number of pyridine rings is 1. The second-order valence-electron chi connectivity index (χ2n) is 2.22. The molecule has 0 radical (unpaired) electrons. The number of alkyl halides is 1. The van der Waals surface area contributed by atoms with E-state index < -0.39 is 0 Å². The second-order valence-corrected chi connectivity index (χ2v) is 2.48. The molecule has 0 aliphatic rings. The molecule has 0 amide bonds. The fourth-order valence-corrected chi connectivity index (χ4v) is 1.25. The maximum absolute atomic E-state index is 10.5. The minimum atomic E-state index is 0.341. The number of carbonyl (C=O) groups excluding carboxylic acids is 1. The first-order valence-corrected chi connectivity index (χ1v) is 3.78. The van der Waals surface area contributed by atoms with E-state index in [1.54, 1.807) is 12.3 Å². The highest BCUT2D eigenvalue weighted by Crippen LogP contribution is 2.11. The van der Waals surface area contributed by atoms with E-state index in [0.717, 1.165) is 17.5 Å². The van der Waals surface area contributed by atoms with Crippen molar-refractivity contribution in [3.05, 3.63) is 29.1 Å². The Bertz CT molecular complexity index is 273. The van der Waals surface area contributed by atoms with Crippen LogP contribution in [0.5, 0.6) is 0 Å². The van der Waals surface area contributed by atoms with Crippen LogP contribution in [0.2, 0.25) is 0 Å². The molecule has 0 atom stereocenters. The third kappa shape index (κ3) is 1.57. The van der Waals surface area contributed by atoms with Gasteiger partial charge in [-0.25, -0.2) is 0 Å². The number of aldehydes is 1. The topological polar surface area (TPSA) is 30.0 Å². The predicted molar refractivity (Wildman–Crippen MR) is 43.9 cm³/mol. The van der Waals surface area contributed by atoms with Gasteiger partial charge in [-0.3, -0.25) is 9.78 Å². The lowest BCUT2D eigenvalue weighted by atomic mass is 10.1. The number of halogens is 1. The maximum Gasteiger partial charge on any atom is 0.150 e. The largest absolute Gasteiger partial charge is 0.298 e. The van der Waals surface area contributed by atoms with Crippen LogP contribution in [0.1, 0.15) is 21.6 Å². The lowest BCUT2D eigenvalue weighted by Crippen LogP contribution is -1.95. The number of aryl methyl sites for hydroxylation is 1. The molecule has 0 unspecified atom stereocenters. The van der Waals surface area contributed by atoms with Gasteiger partial charge >= 0.3 is 0 Å². The van der Waals surface area contributed by atoms with Crippen LogP contribution >= 0.6 is 11.6 Å². The van der Waals surface area contributed by atoms with Gasteiger partial charge in [-0.2, -0.15) is 0 Å². The summed E-state index contributed by atoms with van der Waals surface area (Å²) < 4.78 is 0. The third-order valence-corrected chi connectivity index (χ3v) is 1.84. The molecule has 0 aromatic carbocycles. The zero-order valence-electron chi connectivity index (χ0n) is 6.17. The minimum absolute atomic E-state index is 0.341. The van der Waals surface area contributed by atoms with Gasteiger partial charge in [-0.1, -0.05) is 0 Å². The Balaban J connectivity index is 3.23. The Kier molecular flexibility index (Phi) is 2.60. The molecule has 1 aromatic rings. The molecule has 1 rings (SSSR count). The van der Waals surface area contributed by atoms with Gasteiger partial charge in [0.1, 0.15) is 6.29 Å². The SMILES string of the molecule is Cc1nccc(C=O)c1CCl. The Morgan fingerprint density at radius 1 is 1.73 bits per heavy atom. The molecule has 1 aromatic heterocycles. The van der Waals surface area contributed by atoms with Gasteiger partial charge in [-0.15, -0.1) is 11.6 Å². The normalized spacial score (nSPS) is 9.64. The molecule has 3 heteroatoms. The standard InChI is InChI=1S/C8H8ClNO/c1-6-8(4-9)7(5-11)2-3-10-6/h2-3,5H,4H2,1H3. The van der Waals surface area contributed by atoms with Crippen molar-refractivity contribution in [3.63, 3.8) is 0 Å². The Labute approximate surface area is 70.2 Å². The zero-order chi connectivity index (χ0) is 8.27. The summed E-state index contributed by atoms with van der Waals surface area (Å²) in [6.45, 7) is 1.84. The molecule has 0 bridgehead atoms. The quantitative estimate of drug-likeness (QED) is 0.500. The van der Waals surface area contributed by atoms with Crippen molar-refractivity contribution >= 4 is 17.9 Å². The van der Waals surface area contributed by atoms with Crippen LogP contribution in [0, 0.1) is 6.92 Å². The molecule has 0 N–H and O–H groups in total. The number of aromatic nitrogens is 1. The van der Waals surface area contributed by atoms with Crippen LogP contribution in [0.25, 0.3) is 0 Å². The Morgan fingerprint density at radius 3 is 2.91 bits per heavy atom. The number of hydrogen-bond acceptors (Lipinski definition) is 2. The molecule has 0 saturated carbocycles. The molecular formula is C8H8ClNO. The van der Waals surface area contributed by atoms with Gasteiger partial charge in [-0.05, 0) is 18.6 Å². The predicted octanol–water partition coefficient (Wildman–Crippen LogP) is 1.94. The average molecular weight is 170 g/mol. The van der Waals surface area contributed by atoms with Crippen molar-refractivity contribution in [2.24, 2.45) is 0 Å². The molecule has 0 fully saturated rings. The second kappa shape index (κ2) is 3.49. The first-order valence-electron chi connectivity index (χ1n) is 3.25. The monoisotopic (exact) mass is 169 g/mol. The summed E-state index contributed by atoms with van der Waals surface area (Å²) in [7, 11) is 0. The van der Waals surface area contributed by atoms with Gasteiger partial charge in [0.25, 0.3) is 0 Å². The lowest BCUT2D eigenvalue weighted by molar-refractivity contribution is 0.112. The summed E-state index contributed by atoms with van der Waals surface area (Å²) in [4.78, 5) is 14.5. The average Bonchev–Trinajstić information content (AvgIpc) is 2.04. The zero-order valence-corrected chi connectivity index (χ0v) is 6.93. The summed E-state index contributed by atoms with van der Waals surface area (Å²) in [5.74, 6) is 0.341. The summed E-state index contributed by atoms with van der Waals surface area (Å²) >= 11 is 5.62. The van der Waals surface area contributed by atoms with Crippen molar-refractivity contribution < 1.29 is 4.79 Å². The van der Waals surface area contributed by atoms with Crippen LogP contribution in [0.15, 0.2) is 12.3 Å². The highest BCUT2D eigenvalue weighted by molar-refractivity contribution is 6.17. The summed E-state index contributed by atoms with van der Waals surface area (Å²) in [6.07, 6.45) is 2.40. The number of carbonyl (C=O) groups is 1. The first kappa shape index (κ1) is 8.21. The lowest BCUT2D eigenvalue weighted by Gasteiger charge is -2.01. The van der Waals surface area contributed by atoms with Crippen LogP contribution in [0.3, 0.4) is 0 Å². The fourth-order valence-electron chi connectivity index (χ4n) is 0.901. The Hall–Kier alpha value is -0.890. The summed E-state index contributed by atoms with van der Waals surface area (Å²) in [5, 5.41) is 0. The molecule has 0 aliphatic carbocycles. The van der Waals surface area contributed by atoms with Crippen molar-refractivity contribution in [1.82, 2.24) is 4.98 Å². The number of nitrogens with zero attached hydrogens (tertiary/aromatic N) is 1. The molecule has 0 spiro atoms. The highest BCUT2D eigenvalue weighted by atomic mass is 35.5. The molecule has 2 nitrogen and oxygen atoms in total. The van der Waals surface area contributed by atoms with Gasteiger partial charge in [0.05, 0.1) is 0 Å². The van der Waals surface area contributed by atoms with Crippen molar-refractivity contribution in [2.45, 2.75) is 12.8 Å². The van der Waals surface area contributed by atoms with E-state index in [1.807, 2.05) is 6.92 Å². The maximum atomic E-state index is 10.5. The molecule has 1 heterocycles.